The maximum Gasteiger partial charge on any atom is 0.141 e. The molecule has 1 atom stereocenters. The highest BCUT2D eigenvalue weighted by atomic mass is 35.5. The van der Waals surface area contributed by atoms with Crippen molar-refractivity contribution in [3.8, 4) is 5.75 Å². The molecule has 6 heteroatoms. The summed E-state index contributed by atoms with van der Waals surface area (Å²) in [6.07, 6.45) is 2.36. The van der Waals surface area contributed by atoms with E-state index < -0.39 is 0 Å². The topological polar surface area (TPSA) is 55.2 Å². The maximum absolute atomic E-state index is 9.98. The smallest absolute Gasteiger partial charge is 0.141 e. The molecule has 0 bridgehead atoms. The van der Waals surface area contributed by atoms with Gasteiger partial charge in [0.2, 0.25) is 0 Å². The highest BCUT2D eigenvalue weighted by molar-refractivity contribution is 7.10. The van der Waals surface area contributed by atoms with Crippen molar-refractivity contribution in [2.24, 2.45) is 0 Å². The first kappa shape index (κ1) is 12.8. The van der Waals surface area contributed by atoms with E-state index in [9.17, 15) is 5.11 Å². The molecule has 100 valence electrons. The van der Waals surface area contributed by atoms with Gasteiger partial charge in [0.05, 0.1) is 6.10 Å². The Morgan fingerprint density at radius 1 is 1.47 bits per heavy atom. The lowest BCUT2D eigenvalue weighted by Crippen LogP contribution is -2.11. The van der Waals surface area contributed by atoms with Gasteiger partial charge >= 0.3 is 0 Å². The van der Waals surface area contributed by atoms with Crippen LogP contribution >= 0.6 is 23.1 Å². The third kappa shape index (κ3) is 2.59. The molecule has 4 nitrogen and oxygen atoms in total. The largest absolute Gasteiger partial charge is 0.487 e. The van der Waals surface area contributed by atoms with Crippen LogP contribution in [0.2, 0.25) is 4.34 Å². The number of hydrogen-bond donors (Lipinski definition) is 1. The number of benzene rings is 1. The van der Waals surface area contributed by atoms with E-state index in [1.807, 2.05) is 18.2 Å². The average molecular weight is 297 g/mol. The van der Waals surface area contributed by atoms with E-state index in [4.69, 9.17) is 16.3 Å². The van der Waals surface area contributed by atoms with Crippen molar-refractivity contribution in [3.05, 3.63) is 39.4 Å². The first-order valence-electron chi connectivity index (χ1n) is 6.15. The molecule has 0 radical (unpaired) electrons. The molecular weight excluding hydrogens is 284 g/mol. The molecule has 0 aliphatic heterocycles. The van der Waals surface area contributed by atoms with Crippen LogP contribution in [0.25, 0.3) is 0 Å². The third-order valence-electron chi connectivity index (χ3n) is 3.31. The fraction of sp³-hybridized carbons (Fsp3) is 0.385. The van der Waals surface area contributed by atoms with Crippen LogP contribution in [0, 0.1) is 0 Å². The van der Waals surface area contributed by atoms with Crippen molar-refractivity contribution in [2.75, 3.05) is 0 Å². The molecule has 0 spiro atoms. The minimum Gasteiger partial charge on any atom is -0.487 e. The fourth-order valence-electron chi connectivity index (χ4n) is 2.35. The van der Waals surface area contributed by atoms with Gasteiger partial charge in [-0.2, -0.15) is 0 Å². The molecule has 19 heavy (non-hydrogen) atoms. The number of aliphatic hydroxyl groups is 1. The van der Waals surface area contributed by atoms with Gasteiger partial charge < -0.3 is 9.84 Å². The van der Waals surface area contributed by atoms with Gasteiger partial charge in [-0.3, -0.25) is 0 Å². The summed E-state index contributed by atoms with van der Waals surface area (Å²) >= 11 is 7.10. The summed E-state index contributed by atoms with van der Waals surface area (Å²) in [5.74, 6) is 0.806. The first-order chi connectivity index (χ1) is 9.25. The number of ether oxygens (including phenoxy) is 1. The van der Waals surface area contributed by atoms with E-state index in [0.29, 0.717) is 16.6 Å². The van der Waals surface area contributed by atoms with Gasteiger partial charge in [0.25, 0.3) is 0 Å². The monoisotopic (exact) mass is 296 g/mol. The van der Waals surface area contributed by atoms with E-state index >= 15 is 0 Å². The van der Waals surface area contributed by atoms with Gasteiger partial charge in [-0.25, -0.2) is 0 Å². The Balaban J connectivity index is 1.82. The molecule has 1 aromatic heterocycles. The number of aliphatic hydroxyl groups excluding tert-OH is 1. The van der Waals surface area contributed by atoms with Crippen LogP contribution in [0.4, 0.5) is 0 Å². The Morgan fingerprint density at radius 2 is 2.37 bits per heavy atom. The number of fused-ring (bicyclic) bond motifs is 1. The SMILES string of the molecule is O[C@@H]1CCCc2c(OCc3nnsc3Cl)cccc21. The molecule has 0 amide bonds. The van der Waals surface area contributed by atoms with E-state index in [0.717, 1.165) is 47.7 Å². The summed E-state index contributed by atoms with van der Waals surface area (Å²) in [6.45, 7) is 0.307. The number of halogens is 1. The van der Waals surface area contributed by atoms with Crippen molar-refractivity contribution in [3.63, 3.8) is 0 Å². The van der Waals surface area contributed by atoms with E-state index in [1.54, 1.807) is 0 Å². The zero-order chi connectivity index (χ0) is 13.2. The van der Waals surface area contributed by atoms with Crippen LogP contribution < -0.4 is 4.74 Å². The molecular formula is C13H13ClN2O2S. The van der Waals surface area contributed by atoms with Gasteiger partial charge in [-0.05, 0) is 36.5 Å². The summed E-state index contributed by atoms with van der Waals surface area (Å²) in [5, 5.41) is 13.9. The summed E-state index contributed by atoms with van der Waals surface area (Å²) in [7, 11) is 0. The van der Waals surface area contributed by atoms with Gasteiger partial charge in [0, 0.05) is 11.5 Å². The fourth-order valence-corrected chi connectivity index (χ4v) is 2.96. The van der Waals surface area contributed by atoms with Gasteiger partial charge in [-0.1, -0.05) is 28.2 Å². The zero-order valence-electron chi connectivity index (χ0n) is 10.2. The first-order valence-corrected chi connectivity index (χ1v) is 7.30. The summed E-state index contributed by atoms with van der Waals surface area (Å²) in [5.41, 5.74) is 2.73. The number of nitrogens with zero attached hydrogens (tertiary/aromatic N) is 2. The van der Waals surface area contributed by atoms with E-state index in [1.165, 1.54) is 0 Å². The van der Waals surface area contributed by atoms with Gasteiger partial charge in [0.15, 0.2) is 0 Å². The molecule has 2 aromatic rings. The van der Waals surface area contributed by atoms with Crippen LogP contribution in [0.15, 0.2) is 18.2 Å². The number of rotatable bonds is 3. The lowest BCUT2D eigenvalue weighted by Gasteiger charge is -2.23. The molecule has 3 rings (SSSR count). The van der Waals surface area contributed by atoms with Crippen molar-refractivity contribution in [2.45, 2.75) is 32.0 Å². The summed E-state index contributed by atoms with van der Waals surface area (Å²) in [4.78, 5) is 0. The molecule has 0 fully saturated rings. The van der Waals surface area contributed by atoms with Crippen molar-refractivity contribution in [1.82, 2.24) is 9.59 Å². The molecule has 1 aliphatic carbocycles. The summed E-state index contributed by atoms with van der Waals surface area (Å²) in [6, 6.07) is 5.79. The minimum absolute atomic E-state index is 0.307. The molecule has 1 aliphatic rings. The lowest BCUT2D eigenvalue weighted by molar-refractivity contribution is 0.155. The third-order valence-corrected chi connectivity index (χ3v) is 4.29. The zero-order valence-corrected chi connectivity index (χ0v) is 11.7. The predicted octanol–water partition coefficient (Wildman–Crippen LogP) is 3.14. The Hall–Kier alpha value is -1.17. The van der Waals surface area contributed by atoms with Crippen LogP contribution in [-0.2, 0) is 13.0 Å². The molecule has 1 heterocycles. The summed E-state index contributed by atoms with van der Waals surface area (Å²) < 4.78 is 10.1. The quantitative estimate of drug-likeness (QED) is 0.945. The second-order valence-electron chi connectivity index (χ2n) is 4.51. The van der Waals surface area contributed by atoms with E-state index in [2.05, 4.69) is 9.59 Å². The Bertz CT molecular complexity index is 588. The number of hydrogen-bond acceptors (Lipinski definition) is 5. The Labute approximate surface area is 120 Å². The lowest BCUT2D eigenvalue weighted by atomic mass is 9.89. The normalized spacial score (nSPS) is 18.1. The van der Waals surface area contributed by atoms with Crippen LogP contribution in [0.1, 0.15) is 35.8 Å². The van der Waals surface area contributed by atoms with Crippen molar-refractivity contribution in [1.29, 1.82) is 0 Å². The molecule has 0 saturated heterocycles. The minimum atomic E-state index is -0.378. The van der Waals surface area contributed by atoms with Crippen LogP contribution in [0.5, 0.6) is 5.75 Å². The van der Waals surface area contributed by atoms with Gasteiger partial charge in [0.1, 0.15) is 22.4 Å². The molecule has 0 unspecified atom stereocenters. The average Bonchev–Trinajstić information content (AvgIpc) is 2.82. The predicted molar refractivity (Wildman–Crippen MR) is 73.6 cm³/mol. The van der Waals surface area contributed by atoms with Crippen molar-refractivity contribution >= 4 is 23.1 Å². The highest BCUT2D eigenvalue weighted by Gasteiger charge is 2.21. The molecule has 0 saturated carbocycles. The van der Waals surface area contributed by atoms with E-state index in [-0.39, 0.29) is 6.10 Å². The molecule has 1 aromatic carbocycles. The highest BCUT2D eigenvalue weighted by Crippen LogP contribution is 2.35. The van der Waals surface area contributed by atoms with Gasteiger partial charge in [-0.15, -0.1) is 5.10 Å². The van der Waals surface area contributed by atoms with Crippen LogP contribution in [-0.4, -0.2) is 14.7 Å². The maximum atomic E-state index is 9.98. The van der Waals surface area contributed by atoms with Crippen molar-refractivity contribution < 1.29 is 9.84 Å². The Kier molecular flexibility index (Phi) is 3.68. The Morgan fingerprint density at radius 3 is 3.16 bits per heavy atom. The second kappa shape index (κ2) is 5.45. The van der Waals surface area contributed by atoms with Crippen LogP contribution in [0.3, 0.4) is 0 Å². The standard InChI is InChI=1S/C13H13ClN2O2S/c14-13-10(15-16-19-13)7-18-12-6-2-3-8-9(12)4-1-5-11(8)17/h2-3,6,11,17H,1,4-5,7H2/t11-/m1/s1. The second-order valence-corrected chi connectivity index (χ2v) is 5.87. The number of aromatic nitrogens is 2. The molecule has 1 N–H and O–H groups in total.